The lowest BCUT2D eigenvalue weighted by Gasteiger charge is -2.45. The Morgan fingerprint density at radius 1 is 0.564 bits per heavy atom. The molecule has 1 aromatic carbocycles. The van der Waals surface area contributed by atoms with Crippen LogP contribution in [0.2, 0.25) is 118 Å². The summed E-state index contributed by atoms with van der Waals surface area (Å²) in [6.07, 6.45) is 1.84. The maximum Gasteiger partial charge on any atom is 0.152 e. The minimum Gasteiger partial charge on any atom is -0.295 e. The van der Waals surface area contributed by atoms with Crippen LogP contribution in [0, 0.1) is 0 Å². The fourth-order valence-electron chi connectivity index (χ4n) is 8.51. The van der Waals surface area contributed by atoms with E-state index in [4.69, 9.17) is 0 Å². The standard InChI is InChI=1S/C31H65OPSi6/c1-24(32)20-21-33-28-26(30(36(8,9)10)37(11,12)13)22-25(29(34(2,3)4)35(5,6)7)23-27(28)31(38(14,15)16)39(17,18)19/h20-23,29-31,33H,1-19H3/b21-20-. The van der Waals surface area contributed by atoms with E-state index in [2.05, 4.69) is 136 Å². The highest BCUT2D eigenvalue weighted by atomic mass is 31.1. The van der Waals surface area contributed by atoms with Crippen LogP contribution in [0.4, 0.5) is 0 Å². The molecule has 0 aromatic heterocycles. The SMILES string of the molecule is CC(=O)/C=C\Pc1c(C([Si](C)(C)C)[Si](C)(C)C)cc(C([Si](C)(C)C)[Si](C)(C)C)cc1C([Si](C)(C)C)[Si](C)(C)C. The molecule has 224 valence electrons. The molecular formula is C31H65OPSi6. The first-order chi connectivity index (χ1) is 17.0. The van der Waals surface area contributed by atoms with Crippen LogP contribution < -0.4 is 5.30 Å². The van der Waals surface area contributed by atoms with Crippen molar-refractivity contribution in [2.24, 2.45) is 0 Å². The predicted octanol–water partition coefficient (Wildman–Crippen LogP) is 10.6. The first-order valence-corrected chi connectivity index (χ1v) is 37.7. The molecular weight excluding hydrogens is 588 g/mol. The molecule has 0 bridgehead atoms. The lowest BCUT2D eigenvalue weighted by Crippen LogP contribution is -2.51. The van der Waals surface area contributed by atoms with Crippen molar-refractivity contribution in [3.63, 3.8) is 0 Å². The first kappa shape index (κ1) is 37.4. The second-order valence-electron chi connectivity index (χ2n) is 18.7. The summed E-state index contributed by atoms with van der Waals surface area (Å²) in [5, 5.41) is 3.76. The fraction of sp³-hybridized carbons (Fsp3) is 0.710. The molecule has 8 heteroatoms. The smallest absolute Gasteiger partial charge is 0.152 e. The van der Waals surface area contributed by atoms with Gasteiger partial charge in [0.2, 0.25) is 0 Å². The van der Waals surface area contributed by atoms with E-state index in [1.54, 1.807) is 28.9 Å². The molecule has 1 unspecified atom stereocenters. The third kappa shape index (κ3) is 10.2. The van der Waals surface area contributed by atoms with Crippen LogP contribution in [0.3, 0.4) is 0 Å². The molecule has 0 saturated carbocycles. The Labute approximate surface area is 252 Å². The van der Waals surface area contributed by atoms with Gasteiger partial charge in [-0.2, -0.15) is 0 Å². The van der Waals surface area contributed by atoms with E-state index in [-0.39, 0.29) is 5.78 Å². The molecule has 0 aliphatic rings. The number of hydrogen-bond donors (Lipinski definition) is 0. The molecule has 0 amide bonds. The Hall–Kier alpha value is 0.361. The van der Waals surface area contributed by atoms with Crippen molar-refractivity contribution >= 4 is 68.1 Å². The number of carbonyl (C=O) groups excluding carboxylic acids is 1. The lowest BCUT2D eigenvalue weighted by atomic mass is 10.1. The van der Waals surface area contributed by atoms with E-state index in [1.165, 1.54) is 0 Å². The molecule has 0 saturated heterocycles. The highest BCUT2D eigenvalue weighted by Crippen LogP contribution is 2.45. The van der Waals surface area contributed by atoms with Crippen molar-refractivity contribution < 1.29 is 4.79 Å². The second-order valence-corrected chi connectivity index (χ2v) is 53.4. The van der Waals surface area contributed by atoms with Crippen molar-refractivity contribution in [2.45, 2.75) is 140 Å². The van der Waals surface area contributed by atoms with Gasteiger partial charge in [0.05, 0.1) is 0 Å². The van der Waals surface area contributed by atoms with Gasteiger partial charge < -0.3 is 0 Å². The van der Waals surface area contributed by atoms with Gasteiger partial charge in [0.1, 0.15) is 0 Å². The zero-order chi connectivity index (χ0) is 31.2. The predicted molar refractivity (Wildman–Crippen MR) is 203 cm³/mol. The minimum absolute atomic E-state index is 0.165. The van der Waals surface area contributed by atoms with Crippen molar-refractivity contribution in [2.75, 3.05) is 0 Å². The van der Waals surface area contributed by atoms with Crippen LogP contribution in [0.15, 0.2) is 24.0 Å². The molecule has 0 N–H and O–H groups in total. The van der Waals surface area contributed by atoms with Crippen molar-refractivity contribution in [3.05, 3.63) is 40.7 Å². The van der Waals surface area contributed by atoms with Gasteiger partial charge in [-0.3, -0.25) is 4.79 Å². The summed E-state index contributed by atoms with van der Waals surface area (Å²) >= 11 is 0. The van der Waals surface area contributed by atoms with Gasteiger partial charge in [-0.05, 0) is 50.5 Å². The third-order valence-electron chi connectivity index (χ3n) is 7.92. The molecule has 1 aromatic rings. The van der Waals surface area contributed by atoms with Gasteiger partial charge in [-0.1, -0.05) is 144 Å². The number of hydrogen-bond acceptors (Lipinski definition) is 1. The molecule has 0 aliphatic heterocycles. The van der Waals surface area contributed by atoms with Crippen LogP contribution in [0.25, 0.3) is 0 Å². The molecule has 1 nitrogen and oxygen atoms in total. The van der Waals surface area contributed by atoms with Gasteiger partial charge in [-0.25, -0.2) is 0 Å². The Morgan fingerprint density at radius 2 is 0.846 bits per heavy atom. The molecule has 0 fully saturated rings. The summed E-state index contributed by atoms with van der Waals surface area (Å²) in [7, 11) is -8.50. The fourth-order valence-corrected chi connectivity index (χ4v) is 48.5. The van der Waals surface area contributed by atoms with Gasteiger partial charge in [0, 0.05) is 48.4 Å². The molecule has 39 heavy (non-hydrogen) atoms. The lowest BCUT2D eigenvalue weighted by molar-refractivity contribution is -0.112. The van der Waals surface area contributed by atoms with Crippen LogP contribution >= 0.6 is 8.58 Å². The highest BCUT2D eigenvalue weighted by molar-refractivity contribution is 7.51. The topological polar surface area (TPSA) is 17.1 Å². The third-order valence-corrected chi connectivity index (χ3v) is 37.0. The molecule has 0 aliphatic carbocycles. The monoisotopic (exact) mass is 652 g/mol. The summed E-state index contributed by atoms with van der Waals surface area (Å²) in [6.45, 7) is 48.8. The maximum atomic E-state index is 12.0. The second kappa shape index (κ2) is 12.5. The summed E-state index contributed by atoms with van der Waals surface area (Å²) < 4.78 is 0. The summed E-state index contributed by atoms with van der Waals surface area (Å²) in [6, 6.07) is 5.53. The number of ketones is 1. The molecule has 1 rings (SSSR count). The molecule has 0 spiro atoms. The van der Waals surface area contributed by atoms with Gasteiger partial charge in [-0.15, -0.1) is 0 Å². The Morgan fingerprint density at radius 3 is 1.08 bits per heavy atom. The largest absolute Gasteiger partial charge is 0.295 e. The quantitative estimate of drug-likeness (QED) is 0.125. The summed E-state index contributed by atoms with van der Waals surface area (Å²) in [5.74, 6) is 2.38. The van der Waals surface area contributed by atoms with Crippen molar-refractivity contribution in [1.82, 2.24) is 0 Å². The molecule has 0 radical (unpaired) electrons. The zero-order valence-electron chi connectivity index (χ0n) is 29.4. The van der Waals surface area contributed by atoms with Gasteiger partial charge in [0.25, 0.3) is 0 Å². The van der Waals surface area contributed by atoms with E-state index in [0.29, 0.717) is 18.9 Å². The number of allylic oxidation sites excluding steroid dienone is 1. The maximum absolute atomic E-state index is 12.0. The van der Waals surface area contributed by atoms with Crippen LogP contribution in [-0.4, -0.2) is 54.2 Å². The number of carbonyl (C=O) groups is 1. The van der Waals surface area contributed by atoms with Crippen molar-refractivity contribution in [3.8, 4) is 0 Å². The van der Waals surface area contributed by atoms with E-state index >= 15 is 0 Å². The van der Waals surface area contributed by atoms with Crippen molar-refractivity contribution in [1.29, 1.82) is 0 Å². The minimum atomic E-state index is -1.53. The summed E-state index contributed by atoms with van der Waals surface area (Å²) in [5.41, 5.74) is 5.09. The van der Waals surface area contributed by atoms with Gasteiger partial charge >= 0.3 is 0 Å². The Bertz CT molecular complexity index is 943. The van der Waals surface area contributed by atoms with E-state index in [0.717, 1.165) is 5.16 Å². The first-order valence-electron chi connectivity index (χ1n) is 15.1. The number of rotatable bonds is 12. The molecule has 0 heterocycles. The Balaban J connectivity index is 4.55. The Kier molecular flexibility index (Phi) is 12.0. The average molecular weight is 653 g/mol. The normalized spacial score (nSPS) is 15.1. The van der Waals surface area contributed by atoms with E-state index < -0.39 is 48.4 Å². The zero-order valence-corrected chi connectivity index (χ0v) is 36.4. The summed E-state index contributed by atoms with van der Waals surface area (Å²) in [4.78, 5) is 12.0. The van der Waals surface area contributed by atoms with Crippen LogP contribution in [0.1, 0.15) is 39.1 Å². The van der Waals surface area contributed by atoms with Gasteiger partial charge in [0.15, 0.2) is 5.78 Å². The molecule has 1 atom stereocenters. The highest BCUT2D eigenvalue weighted by Gasteiger charge is 2.46. The van der Waals surface area contributed by atoms with E-state index in [9.17, 15) is 4.79 Å². The van der Waals surface area contributed by atoms with Crippen LogP contribution in [-0.2, 0) is 4.79 Å². The van der Waals surface area contributed by atoms with E-state index in [1.807, 2.05) is 6.08 Å². The number of benzene rings is 1. The average Bonchev–Trinajstić information content (AvgIpc) is 2.55. The van der Waals surface area contributed by atoms with Crippen LogP contribution in [0.5, 0.6) is 0 Å².